The number of piperidine rings is 1. The number of benzene rings is 1. The largest absolute Gasteiger partial charge is 0.481 e. The number of rotatable bonds is 4. The van der Waals surface area contributed by atoms with E-state index in [1.165, 1.54) is 27.8 Å². The van der Waals surface area contributed by atoms with E-state index in [1.807, 2.05) is 0 Å². The zero-order valence-electron chi connectivity index (χ0n) is 14.5. The van der Waals surface area contributed by atoms with Crippen molar-refractivity contribution in [2.24, 2.45) is 5.92 Å². The number of aromatic nitrogens is 4. The number of hydrogen-bond acceptors (Lipinski definition) is 5. The quantitative estimate of drug-likeness (QED) is 0.846. The van der Waals surface area contributed by atoms with Gasteiger partial charge >= 0.3 is 12.0 Å². The number of nitrogens with zero attached hydrogens (tertiary/aromatic N) is 5. The average molecular weight is 374 g/mol. The minimum atomic E-state index is -0.900. The van der Waals surface area contributed by atoms with Gasteiger partial charge in [-0.05, 0) is 54.3 Å². The van der Waals surface area contributed by atoms with Crippen molar-refractivity contribution in [2.45, 2.75) is 31.6 Å². The van der Waals surface area contributed by atoms with Crippen molar-refractivity contribution in [1.29, 1.82) is 0 Å². The van der Waals surface area contributed by atoms with Crippen molar-refractivity contribution in [2.75, 3.05) is 18.4 Å². The van der Waals surface area contributed by atoms with Crippen LogP contribution in [0, 0.1) is 11.7 Å². The third kappa shape index (κ3) is 3.60. The van der Waals surface area contributed by atoms with E-state index in [1.54, 1.807) is 0 Å². The second-order valence-corrected chi connectivity index (χ2v) is 6.94. The summed E-state index contributed by atoms with van der Waals surface area (Å²) in [4.78, 5) is 25.1. The number of halogens is 1. The monoisotopic (exact) mass is 374 g/mol. The average Bonchev–Trinajstić information content (AvgIpc) is 3.40. The first-order valence-corrected chi connectivity index (χ1v) is 8.90. The van der Waals surface area contributed by atoms with Crippen LogP contribution in [0.4, 0.5) is 14.9 Å². The minimum absolute atomic E-state index is 0.161. The number of hydrogen-bond donors (Lipinski definition) is 2. The summed E-state index contributed by atoms with van der Waals surface area (Å²) in [6.45, 7) is 0.649. The molecule has 142 valence electrons. The van der Waals surface area contributed by atoms with Crippen molar-refractivity contribution in [3.63, 3.8) is 0 Å². The first-order valence-electron chi connectivity index (χ1n) is 8.90. The Hall–Kier alpha value is -3.04. The molecule has 10 heteroatoms. The third-order valence-corrected chi connectivity index (χ3v) is 4.92. The van der Waals surface area contributed by atoms with Crippen LogP contribution < -0.4 is 5.32 Å². The van der Waals surface area contributed by atoms with Gasteiger partial charge in [0.2, 0.25) is 0 Å². The summed E-state index contributed by atoms with van der Waals surface area (Å²) in [6.07, 6.45) is 3.13. The molecule has 0 spiro atoms. The van der Waals surface area contributed by atoms with Gasteiger partial charge in [-0.3, -0.25) is 4.79 Å². The molecule has 2 aromatic rings. The predicted octanol–water partition coefficient (Wildman–Crippen LogP) is 2.01. The summed E-state index contributed by atoms with van der Waals surface area (Å²) >= 11 is 0. The number of likely N-dealkylation sites (tertiary alicyclic amines) is 1. The minimum Gasteiger partial charge on any atom is -0.481 e. The maximum absolute atomic E-state index is 14.3. The van der Waals surface area contributed by atoms with Gasteiger partial charge in [-0.15, -0.1) is 5.10 Å². The van der Waals surface area contributed by atoms with Gasteiger partial charge < -0.3 is 15.3 Å². The SMILES string of the molecule is O=C(O)C1CCCN(C(=O)Nc2ccc(F)c(-n3nnnc3C3CC3)c2)C1. The van der Waals surface area contributed by atoms with E-state index in [4.69, 9.17) is 5.11 Å². The van der Waals surface area contributed by atoms with Gasteiger partial charge in [-0.25, -0.2) is 9.18 Å². The Kier molecular flexibility index (Phi) is 4.46. The highest BCUT2D eigenvalue weighted by Crippen LogP contribution is 2.39. The number of carboxylic acids is 1. The predicted molar refractivity (Wildman–Crippen MR) is 92.0 cm³/mol. The Morgan fingerprint density at radius 2 is 2.07 bits per heavy atom. The summed E-state index contributed by atoms with van der Waals surface area (Å²) in [7, 11) is 0. The summed E-state index contributed by atoms with van der Waals surface area (Å²) in [6, 6.07) is 3.78. The number of amides is 2. The molecule has 1 aliphatic heterocycles. The highest BCUT2D eigenvalue weighted by atomic mass is 19.1. The lowest BCUT2D eigenvalue weighted by atomic mass is 9.99. The van der Waals surface area contributed by atoms with Crippen LogP contribution in [0.25, 0.3) is 5.69 Å². The lowest BCUT2D eigenvalue weighted by Crippen LogP contribution is -2.44. The molecule has 1 saturated carbocycles. The maximum atomic E-state index is 14.3. The lowest BCUT2D eigenvalue weighted by molar-refractivity contribution is -0.143. The molecule has 1 saturated heterocycles. The number of carbonyl (C=O) groups excluding carboxylic acids is 1. The van der Waals surface area contributed by atoms with Crippen molar-refractivity contribution in [3.05, 3.63) is 29.8 Å². The summed E-state index contributed by atoms with van der Waals surface area (Å²) in [5, 5.41) is 23.3. The van der Waals surface area contributed by atoms with Crippen LogP contribution in [-0.2, 0) is 4.79 Å². The van der Waals surface area contributed by atoms with Crippen molar-refractivity contribution < 1.29 is 19.1 Å². The first kappa shape index (κ1) is 17.4. The fourth-order valence-electron chi connectivity index (χ4n) is 3.28. The van der Waals surface area contributed by atoms with E-state index >= 15 is 0 Å². The Morgan fingerprint density at radius 1 is 1.26 bits per heavy atom. The summed E-state index contributed by atoms with van der Waals surface area (Å²) in [5.41, 5.74) is 0.563. The molecule has 1 aliphatic carbocycles. The van der Waals surface area contributed by atoms with Gasteiger partial charge in [0.1, 0.15) is 11.5 Å². The highest BCUT2D eigenvalue weighted by Gasteiger charge is 2.31. The van der Waals surface area contributed by atoms with Crippen LogP contribution in [0.3, 0.4) is 0 Å². The second-order valence-electron chi connectivity index (χ2n) is 6.94. The van der Waals surface area contributed by atoms with Crippen LogP contribution in [0.5, 0.6) is 0 Å². The Morgan fingerprint density at radius 3 is 2.81 bits per heavy atom. The number of carbonyl (C=O) groups is 2. The zero-order valence-corrected chi connectivity index (χ0v) is 14.5. The van der Waals surface area contributed by atoms with Crippen molar-refractivity contribution in [3.8, 4) is 5.69 Å². The van der Waals surface area contributed by atoms with Crippen molar-refractivity contribution in [1.82, 2.24) is 25.1 Å². The number of aliphatic carboxylic acids is 1. The third-order valence-electron chi connectivity index (χ3n) is 4.92. The summed E-state index contributed by atoms with van der Waals surface area (Å²) < 4.78 is 15.7. The van der Waals surface area contributed by atoms with Gasteiger partial charge in [-0.2, -0.15) is 4.68 Å². The van der Waals surface area contributed by atoms with E-state index in [0.717, 1.165) is 12.8 Å². The molecule has 4 rings (SSSR count). The Balaban J connectivity index is 1.52. The summed E-state index contributed by atoms with van der Waals surface area (Å²) in [5.74, 6) is -1.11. The molecule has 2 amide bonds. The first-order chi connectivity index (χ1) is 13.0. The molecule has 0 bridgehead atoms. The van der Waals surface area contributed by atoms with Crippen LogP contribution in [-0.4, -0.2) is 55.3 Å². The van der Waals surface area contributed by atoms with Crippen LogP contribution in [0.1, 0.15) is 37.4 Å². The molecule has 2 fully saturated rings. The van der Waals surface area contributed by atoms with Crippen molar-refractivity contribution >= 4 is 17.7 Å². The molecular weight excluding hydrogens is 355 g/mol. The Labute approximate surface area is 154 Å². The van der Waals surface area contributed by atoms with E-state index in [-0.39, 0.29) is 18.2 Å². The van der Waals surface area contributed by atoms with Crippen LogP contribution in [0.2, 0.25) is 0 Å². The van der Waals surface area contributed by atoms with Crippen LogP contribution >= 0.6 is 0 Å². The number of urea groups is 1. The van der Waals surface area contributed by atoms with Gasteiger partial charge in [0.15, 0.2) is 5.82 Å². The molecule has 27 heavy (non-hydrogen) atoms. The number of tetrazole rings is 1. The van der Waals surface area contributed by atoms with E-state index in [0.29, 0.717) is 30.9 Å². The lowest BCUT2D eigenvalue weighted by Gasteiger charge is -2.30. The van der Waals surface area contributed by atoms with Crippen LogP contribution in [0.15, 0.2) is 18.2 Å². The molecule has 2 aliphatic rings. The number of anilines is 1. The normalized spacial score (nSPS) is 19.7. The molecule has 0 radical (unpaired) electrons. The smallest absolute Gasteiger partial charge is 0.321 e. The van der Waals surface area contributed by atoms with Gasteiger partial charge in [0.25, 0.3) is 0 Å². The molecule has 1 aromatic heterocycles. The van der Waals surface area contributed by atoms with E-state index < -0.39 is 23.7 Å². The molecular formula is C17H19FN6O3. The topological polar surface area (TPSA) is 113 Å². The number of carboxylic acid groups (broad SMARTS) is 1. The Bertz CT molecular complexity index is 881. The molecule has 9 nitrogen and oxygen atoms in total. The molecule has 1 unspecified atom stereocenters. The standard InChI is InChI=1S/C17H19FN6O3/c18-13-6-5-12(8-14(13)24-15(10-3-4-10)20-21-22-24)19-17(27)23-7-1-2-11(9-23)16(25)26/h5-6,8,10-11H,1-4,7,9H2,(H,19,27)(H,25,26). The van der Waals surface area contributed by atoms with Gasteiger partial charge in [0, 0.05) is 24.7 Å². The molecule has 1 atom stereocenters. The fraction of sp³-hybridized carbons (Fsp3) is 0.471. The number of nitrogens with one attached hydrogen (secondary N) is 1. The zero-order chi connectivity index (χ0) is 19.0. The molecule has 1 aromatic carbocycles. The highest BCUT2D eigenvalue weighted by molar-refractivity contribution is 5.90. The van der Waals surface area contributed by atoms with E-state index in [9.17, 15) is 14.0 Å². The molecule has 2 heterocycles. The maximum Gasteiger partial charge on any atom is 0.321 e. The van der Waals surface area contributed by atoms with E-state index in [2.05, 4.69) is 20.8 Å². The molecule has 2 N–H and O–H groups in total. The van der Waals surface area contributed by atoms with Gasteiger partial charge in [-0.1, -0.05) is 0 Å². The second kappa shape index (κ2) is 6.93. The van der Waals surface area contributed by atoms with Gasteiger partial charge in [0.05, 0.1) is 5.92 Å². The fourth-order valence-corrected chi connectivity index (χ4v) is 3.28.